The zero-order chi connectivity index (χ0) is 4.28. The predicted molar refractivity (Wildman–Crippen MR) is 29.5 cm³/mol. The molecule has 0 aliphatic carbocycles. The molecule has 0 bridgehead atoms. The fourth-order valence-electron chi connectivity index (χ4n) is 0. The second-order valence-corrected chi connectivity index (χ2v) is 1.39. The van der Waals surface area contributed by atoms with Crippen LogP contribution in [0.25, 0.3) is 0 Å². The Balaban J connectivity index is 2.85. The van der Waals surface area contributed by atoms with Gasteiger partial charge in [0.15, 0.2) is 0 Å². The second-order valence-electron chi connectivity index (χ2n) is 0.329. The van der Waals surface area contributed by atoms with Crippen molar-refractivity contribution >= 4 is 39.5 Å². The molecule has 5 heavy (non-hydrogen) atoms. The summed E-state index contributed by atoms with van der Waals surface area (Å²) < 4.78 is 3.38. The number of hydrogen-bond donors (Lipinski definition) is 1. The quantitative estimate of drug-likeness (QED) is 0.279. The maximum Gasteiger partial charge on any atom is 0.378 e. The highest BCUT2D eigenvalue weighted by Gasteiger charge is 1.81. The summed E-state index contributed by atoms with van der Waals surface area (Å²) >= 11 is 4.63. The van der Waals surface area contributed by atoms with E-state index in [-0.39, 0.29) is 0 Å². The molecular weight excluding hydrogens is 203 g/mol. The molecule has 0 aliphatic heterocycles. The van der Waals surface area contributed by atoms with Crippen LogP contribution in [0.15, 0.2) is 0 Å². The summed E-state index contributed by atoms with van der Waals surface area (Å²) in [6.45, 7) is 0. The molecule has 0 saturated heterocycles. The molecule has 0 aromatic heterocycles. The smallest absolute Gasteiger partial charge is 0.378 e. The molecule has 0 unspecified atom stereocenters. The first-order chi connectivity index (χ1) is 2.27. The summed E-state index contributed by atoms with van der Waals surface area (Å²) in [5.74, 6) is 0. The van der Waals surface area contributed by atoms with E-state index in [9.17, 15) is 4.79 Å². The van der Waals surface area contributed by atoms with E-state index < -0.39 is 3.98 Å². The molecule has 0 heterocycles. The lowest BCUT2D eigenvalue weighted by Gasteiger charge is -1.75. The van der Waals surface area contributed by atoms with Gasteiger partial charge in [-0.05, 0) is 0 Å². The normalized spacial score (nSPS) is 6.80. The summed E-state index contributed by atoms with van der Waals surface area (Å²) in [5.41, 5.74) is 0. The molecule has 30 valence electrons. The molecular formula is CHIO2S. The van der Waals surface area contributed by atoms with Crippen LogP contribution in [0.5, 0.6) is 0 Å². The average molecular weight is 204 g/mol. The Morgan fingerprint density at radius 2 is 2.20 bits per heavy atom. The summed E-state index contributed by atoms with van der Waals surface area (Å²) in [4.78, 5) is 9.50. The van der Waals surface area contributed by atoms with E-state index in [0.717, 1.165) is 0 Å². The van der Waals surface area contributed by atoms with Crippen molar-refractivity contribution in [2.24, 2.45) is 0 Å². The second kappa shape index (κ2) is 2.77. The summed E-state index contributed by atoms with van der Waals surface area (Å²) in [6.07, 6.45) is 0. The van der Waals surface area contributed by atoms with E-state index >= 15 is 0 Å². The maximum atomic E-state index is 9.50. The van der Waals surface area contributed by atoms with Crippen molar-refractivity contribution in [2.75, 3.05) is 0 Å². The van der Waals surface area contributed by atoms with Crippen LogP contribution in [-0.2, 0) is 4.18 Å². The summed E-state index contributed by atoms with van der Waals surface area (Å²) in [7, 11) is 0. The van der Waals surface area contributed by atoms with Crippen molar-refractivity contribution in [1.82, 2.24) is 0 Å². The van der Waals surface area contributed by atoms with Gasteiger partial charge in [0.2, 0.25) is 0 Å². The monoisotopic (exact) mass is 204 g/mol. The molecule has 0 radical (unpaired) electrons. The Kier molecular flexibility index (Phi) is 3.07. The van der Waals surface area contributed by atoms with E-state index in [0.29, 0.717) is 0 Å². The first-order valence-electron chi connectivity index (χ1n) is 0.780. The third-order valence-electron chi connectivity index (χ3n) is 0.0718. The van der Waals surface area contributed by atoms with Crippen LogP contribution in [-0.4, -0.2) is 3.98 Å². The number of carbonyl (C=O) groups excluding carboxylic acids is 1. The largest absolute Gasteiger partial charge is 0.387 e. The Morgan fingerprint density at radius 3 is 2.20 bits per heavy atom. The van der Waals surface area contributed by atoms with Crippen LogP contribution in [0.2, 0.25) is 0 Å². The molecule has 0 atom stereocenters. The van der Waals surface area contributed by atoms with Gasteiger partial charge >= 0.3 is 3.98 Å². The Labute approximate surface area is 48.6 Å². The molecule has 2 nitrogen and oxygen atoms in total. The standard InChI is InChI=1S/CHIO2S/c2-1(3)4-5/h5H. The van der Waals surface area contributed by atoms with E-state index in [2.05, 4.69) is 17.1 Å². The van der Waals surface area contributed by atoms with Crippen LogP contribution < -0.4 is 0 Å². The third-order valence-corrected chi connectivity index (χ3v) is 0.806. The lowest BCUT2D eigenvalue weighted by molar-refractivity contribution is 0.238. The van der Waals surface area contributed by atoms with Gasteiger partial charge in [-0.1, -0.05) is 0 Å². The van der Waals surface area contributed by atoms with Crippen molar-refractivity contribution in [2.45, 2.75) is 0 Å². The minimum absolute atomic E-state index is 0.411. The van der Waals surface area contributed by atoms with Crippen molar-refractivity contribution in [3.8, 4) is 0 Å². The van der Waals surface area contributed by atoms with Gasteiger partial charge in [0.1, 0.15) is 0 Å². The molecule has 0 aromatic rings. The molecule has 0 aliphatic rings. The lowest BCUT2D eigenvalue weighted by atomic mass is 11.7. The van der Waals surface area contributed by atoms with Gasteiger partial charge in [0.25, 0.3) is 0 Å². The van der Waals surface area contributed by atoms with Crippen LogP contribution in [0, 0.1) is 0 Å². The molecule has 0 N–H and O–H groups in total. The van der Waals surface area contributed by atoms with Crippen molar-refractivity contribution in [1.29, 1.82) is 0 Å². The van der Waals surface area contributed by atoms with E-state index in [4.69, 9.17) is 0 Å². The van der Waals surface area contributed by atoms with Gasteiger partial charge < -0.3 is 4.18 Å². The zero-order valence-corrected chi connectivity index (χ0v) is 5.19. The molecule has 0 aromatic carbocycles. The van der Waals surface area contributed by atoms with Crippen molar-refractivity contribution < 1.29 is 8.98 Å². The van der Waals surface area contributed by atoms with Gasteiger partial charge in [-0.25, -0.2) is 4.79 Å². The molecule has 0 spiro atoms. The van der Waals surface area contributed by atoms with Crippen molar-refractivity contribution in [3.63, 3.8) is 0 Å². The van der Waals surface area contributed by atoms with E-state index in [1.54, 1.807) is 0 Å². The SMILES string of the molecule is O=C(I)OS. The number of hydrogen-bond acceptors (Lipinski definition) is 3. The highest BCUT2D eigenvalue weighted by Crippen LogP contribution is 1.91. The Bertz CT molecular complexity index is 44.9. The minimum Gasteiger partial charge on any atom is -0.387 e. The molecule has 0 fully saturated rings. The summed E-state index contributed by atoms with van der Waals surface area (Å²) in [6, 6.07) is 0. The van der Waals surface area contributed by atoms with E-state index in [1.807, 2.05) is 0 Å². The molecule has 0 rings (SSSR count). The Hall–Kier alpha value is 0.550. The van der Waals surface area contributed by atoms with E-state index in [1.165, 1.54) is 22.6 Å². The van der Waals surface area contributed by atoms with Gasteiger partial charge in [0, 0.05) is 12.9 Å². The maximum absolute atomic E-state index is 9.50. The first kappa shape index (κ1) is 5.55. The van der Waals surface area contributed by atoms with Gasteiger partial charge in [0.05, 0.1) is 22.6 Å². The minimum atomic E-state index is -0.411. The van der Waals surface area contributed by atoms with Gasteiger partial charge in [-0.3, -0.25) is 0 Å². The predicted octanol–water partition coefficient (Wildman–Crippen LogP) is 1.40. The number of thiol groups is 1. The van der Waals surface area contributed by atoms with Gasteiger partial charge in [-0.2, -0.15) is 0 Å². The average Bonchev–Trinajstić information content (AvgIpc) is 1.38. The van der Waals surface area contributed by atoms with Crippen LogP contribution >= 0.6 is 35.5 Å². The Morgan fingerprint density at radius 1 is 2.00 bits per heavy atom. The molecule has 0 amide bonds. The van der Waals surface area contributed by atoms with Crippen LogP contribution in [0.1, 0.15) is 0 Å². The number of carbonyl (C=O) groups is 1. The number of halogens is 1. The molecule has 4 heteroatoms. The topological polar surface area (TPSA) is 26.3 Å². The van der Waals surface area contributed by atoms with Crippen LogP contribution in [0.3, 0.4) is 0 Å². The summed E-state index contributed by atoms with van der Waals surface area (Å²) in [5, 5.41) is 0. The highest BCUT2D eigenvalue weighted by molar-refractivity contribution is 14.1. The fraction of sp³-hybridized carbons (Fsp3) is 0. The lowest BCUT2D eigenvalue weighted by Crippen LogP contribution is -1.71. The molecule has 0 saturated carbocycles. The van der Waals surface area contributed by atoms with Gasteiger partial charge in [-0.15, -0.1) is 0 Å². The van der Waals surface area contributed by atoms with Crippen LogP contribution in [0.4, 0.5) is 4.79 Å². The highest BCUT2D eigenvalue weighted by atomic mass is 127. The van der Waals surface area contributed by atoms with Crippen molar-refractivity contribution in [3.05, 3.63) is 0 Å². The fourth-order valence-corrected chi connectivity index (χ4v) is 0. The number of rotatable bonds is 0. The zero-order valence-electron chi connectivity index (χ0n) is 2.14. The first-order valence-corrected chi connectivity index (χ1v) is 2.22. The third kappa shape index (κ3) is 4.55.